The third kappa shape index (κ3) is 5.10. The van der Waals surface area contributed by atoms with E-state index < -0.39 is 5.97 Å². The van der Waals surface area contributed by atoms with E-state index >= 15 is 0 Å². The SMILES string of the molecule is Cl.N#Cc1cccc(NC(=N)N2CCN(/C=C3/N=C(c4cccc5ccccc45)OC3=O)CC2)c1. The molecule has 0 atom stereocenters. The van der Waals surface area contributed by atoms with E-state index in [1.54, 1.807) is 24.4 Å². The molecule has 0 bridgehead atoms. The Kier molecular flexibility index (Phi) is 6.99. The zero-order valence-electron chi connectivity index (χ0n) is 18.8. The van der Waals surface area contributed by atoms with E-state index in [9.17, 15) is 4.79 Å². The Bertz CT molecular complexity index is 1380. The van der Waals surface area contributed by atoms with Crippen molar-refractivity contribution in [3.8, 4) is 6.07 Å². The fraction of sp³-hybridized carbons (Fsp3) is 0.154. The number of aliphatic imine (C=N–C) groups is 1. The van der Waals surface area contributed by atoms with Gasteiger partial charge in [-0.15, -0.1) is 12.4 Å². The average molecular weight is 487 g/mol. The lowest BCUT2D eigenvalue weighted by molar-refractivity contribution is -0.130. The Labute approximate surface area is 209 Å². The summed E-state index contributed by atoms with van der Waals surface area (Å²) in [5.41, 5.74) is 2.32. The minimum atomic E-state index is -0.461. The molecule has 176 valence electrons. The molecular weight excluding hydrogens is 464 g/mol. The second kappa shape index (κ2) is 10.3. The highest BCUT2D eigenvalue weighted by atomic mass is 35.5. The van der Waals surface area contributed by atoms with Crippen LogP contribution < -0.4 is 5.32 Å². The topological polar surface area (TPSA) is 105 Å². The van der Waals surface area contributed by atoms with Gasteiger partial charge in [0, 0.05) is 43.6 Å². The van der Waals surface area contributed by atoms with Crippen LogP contribution in [-0.2, 0) is 9.53 Å². The molecule has 0 saturated carbocycles. The molecule has 2 N–H and O–H groups in total. The summed E-state index contributed by atoms with van der Waals surface area (Å²) in [5, 5.41) is 22.5. The summed E-state index contributed by atoms with van der Waals surface area (Å²) in [6.07, 6.45) is 1.74. The van der Waals surface area contributed by atoms with Crippen LogP contribution in [0.15, 0.2) is 83.6 Å². The monoisotopic (exact) mass is 486 g/mol. The molecule has 35 heavy (non-hydrogen) atoms. The number of esters is 1. The van der Waals surface area contributed by atoms with Gasteiger partial charge < -0.3 is 19.9 Å². The zero-order chi connectivity index (χ0) is 23.5. The van der Waals surface area contributed by atoms with Gasteiger partial charge in [0.05, 0.1) is 11.6 Å². The van der Waals surface area contributed by atoms with Gasteiger partial charge in [0.25, 0.3) is 0 Å². The van der Waals surface area contributed by atoms with Gasteiger partial charge in [-0.2, -0.15) is 5.26 Å². The highest BCUT2D eigenvalue weighted by Gasteiger charge is 2.27. The number of nitrogens with zero attached hydrogens (tertiary/aromatic N) is 4. The number of anilines is 1. The second-order valence-corrected chi connectivity index (χ2v) is 8.04. The average Bonchev–Trinajstić information content (AvgIpc) is 3.23. The van der Waals surface area contributed by atoms with Gasteiger partial charge in [-0.3, -0.25) is 5.41 Å². The third-order valence-corrected chi connectivity index (χ3v) is 5.83. The number of nitriles is 1. The van der Waals surface area contributed by atoms with Crippen molar-refractivity contribution in [3.05, 3.63) is 89.8 Å². The van der Waals surface area contributed by atoms with Crippen LogP contribution in [0.1, 0.15) is 11.1 Å². The van der Waals surface area contributed by atoms with Crippen LogP contribution >= 0.6 is 12.4 Å². The van der Waals surface area contributed by atoms with Gasteiger partial charge >= 0.3 is 5.97 Å². The zero-order valence-corrected chi connectivity index (χ0v) is 19.6. The van der Waals surface area contributed by atoms with E-state index in [2.05, 4.69) is 16.4 Å². The highest BCUT2D eigenvalue weighted by molar-refractivity contribution is 6.16. The number of rotatable bonds is 3. The molecule has 1 saturated heterocycles. The van der Waals surface area contributed by atoms with E-state index in [0.717, 1.165) is 16.3 Å². The van der Waals surface area contributed by atoms with Crippen LogP contribution in [0.2, 0.25) is 0 Å². The van der Waals surface area contributed by atoms with Crippen molar-refractivity contribution in [2.24, 2.45) is 4.99 Å². The summed E-state index contributed by atoms with van der Waals surface area (Å²) >= 11 is 0. The standard InChI is InChI=1S/C26H22N6O2.ClH/c27-16-18-5-3-8-20(15-18)29-26(28)32-13-11-31(12-14-32)17-23-25(33)34-24(30-23)22-10-4-7-19-6-1-2-9-21(19)22;/h1-10,15,17H,11-14H2,(H2,28,29);1H/b23-17+;. The van der Waals surface area contributed by atoms with Gasteiger partial charge in [0.2, 0.25) is 5.90 Å². The summed E-state index contributed by atoms with van der Waals surface area (Å²) in [5.74, 6) is 0.133. The van der Waals surface area contributed by atoms with Crippen molar-refractivity contribution in [1.82, 2.24) is 9.80 Å². The summed E-state index contributed by atoms with van der Waals surface area (Å²) < 4.78 is 5.49. The lowest BCUT2D eigenvalue weighted by atomic mass is 10.0. The molecule has 0 radical (unpaired) electrons. The molecule has 0 amide bonds. The Hall–Kier alpha value is -4.35. The number of halogens is 1. The number of guanidine groups is 1. The van der Waals surface area contributed by atoms with Crippen LogP contribution in [0.4, 0.5) is 5.69 Å². The predicted octanol–water partition coefficient (Wildman–Crippen LogP) is 3.94. The Morgan fingerprint density at radius 3 is 2.60 bits per heavy atom. The van der Waals surface area contributed by atoms with Gasteiger partial charge in [-0.1, -0.05) is 42.5 Å². The molecular formula is C26H23ClN6O2. The first-order valence-electron chi connectivity index (χ1n) is 11.0. The molecule has 1 fully saturated rings. The van der Waals surface area contributed by atoms with Gasteiger partial charge in [-0.05, 0) is 35.0 Å². The van der Waals surface area contributed by atoms with Gasteiger partial charge in [0.15, 0.2) is 11.7 Å². The van der Waals surface area contributed by atoms with Gasteiger partial charge in [0.1, 0.15) is 0 Å². The number of carbonyl (C=O) groups excluding carboxylic acids is 1. The molecule has 0 aliphatic carbocycles. The lowest BCUT2D eigenvalue weighted by Gasteiger charge is -2.35. The van der Waals surface area contributed by atoms with Crippen LogP contribution in [-0.4, -0.2) is 53.8 Å². The first-order valence-corrected chi connectivity index (χ1v) is 11.0. The fourth-order valence-electron chi connectivity index (χ4n) is 4.06. The van der Waals surface area contributed by atoms with E-state index in [1.807, 2.05) is 58.3 Å². The van der Waals surface area contributed by atoms with Crippen molar-refractivity contribution in [1.29, 1.82) is 10.7 Å². The number of fused-ring (bicyclic) bond motifs is 1. The Balaban J connectivity index is 0.00000289. The summed E-state index contributed by atoms with van der Waals surface area (Å²) in [4.78, 5) is 20.9. The maximum Gasteiger partial charge on any atom is 0.365 e. The van der Waals surface area contributed by atoms with Crippen LogP contribution in [0, 0.1) is 16.7 Å². The van der Waals surface area contributed by atoms with Crippen LogP contribution in [0.5, 0.6) is 0 Å². The van der Waals surface area contributed by atoms with E-state index in [0.29, 0.717) is 43.3 Å². The van der Waals surface area contributed by atoms with E-state index in [1.165, 1.54) is 0 Å². The molecule has 2 aliphatic rings. The lowest BCUT2D eigenvalue weighted by Crippen LogP contribution is -2.48. The molecule has 0 unspecified atom stereocenters. The van der Waals surface area contributed by atoms with Crippen molar-refractivity contribution in [2.45, 2.75) is 0 Å². The van der Waals surface area contributed by atoms with E-state index in [4.69, 9.17) is 15.4 Å². The van der Waals surface area contributed by atoms with Crippen molar-refractivity contribution in [3.63, 3.8) is 0 Å². The van der Waals surface area contributed by atoms with Crippen LogP contribution in [0.25, 0.3) is 10.8 Å². The second-order valence-electron chi connectivity index (χ2n) is 8.04. The molecule has 8 nitrogen and oxygen atoms in total. The number of nitrogens with one attached hydrogen (secondary N) is 2. The minimum absolute atomic E-state index is 0. The van der Waals surface area contributed by atoms with Crippen LogP contribution in [0.3, 0.4) is 0 Å². The Morgan fingerprint density at radius 2 is 1.80 bits per heavy atom. The fourth-order valence-corrected chi connectivity index (χ4v) is 4.06. The number of piperazine rings is 1. The largest absolute Gasteiger partial charge is 0.402 e. The molecule has 5 rings (SSSR count). The summed E-state index contributed by atoms with van der Waals surface area (Å²) in [7, 11) is 0. The van der Waals surface area contributed by atoms with Crippen molar-refractivity contribution >= 4 is 46.7 Å². The number of benzene rings is 3. The molecule has 0 aromatic heterocycles. The van der Waals surface area contributed by atoms with E-state index in [-0.39, 0.29) is 24.1 Å². The first-order chi connectivity index (χ1) is 16.6. The molecule has 9 heteroatoms. The number of carbonyl (C=O) groups is 1. The highest BCUT2D eigenvalue weighted by Crippen LogP contribution is 2.24. The third-order valence-electron chi connectivity index (χ3n) is 5.83. The normalized spacial score (nSPS) is 16.4. The Morgan fingerprint density at radius 1 is 1.06 bits per heavy atom. The first kappa shape index (κ1) is 23.8. The summed E-state index contributed by atoms with van der Waals surface area (Å²) in [6, 6.07) is 22.9. The minimum Gasteiger partial charge on any atom is -0.402 e. The number of cyclic esters (lactones) is 1. The molecule has 2 aliphatic heterocycles. The number of ether oxygens (including phenoxy) is 1. The maximum absolute atomic E-state index is 12.5. The molecule has 0 spiro atoms. The smallest absolute Gasteiger partial charge is 0.365 e. The van der Waals surface area contributed by atoms with Gasteiger partial charge in [-0.25, -0.2) is 9.79 Å². The molecule has 3 aromatic carbocycles. The van der Waals surface area contributed by atoms with Crippen molar-refractivity contribution < 1.29 is 9.53 Å². The maximum atomic E-state index is 12.5. The molecule has 2 heterocycles. The number of hydrogen-bond acceptors (Lipinski definition) is 6. The summed E-state index contributed by atoms with van der Waals surface area (Å²) in [6.45, 7) is 2.50. The van der Waals surface area contributed by atoms with Crippen molar-refractivity contribution in [2.75, 3.05) is 31.5 Å². The predicted molar refractivity (Wildman–Crippen MR) is 138 cm³/mol. The quantitative estimate of drug-likeness (QED) is 0.251. The molecule has 3 aromatic rings. The number of hydrogen-bond donors (Lipinski definition) is 2.